The first-order valence-corrected chi connectivity index (χ1v) is 7.50. The Balaban J connectivity index is 1.61. The number of carbonyl (C=O) groups excluding carboxylic acids is 3. The van der Waals surface area contributed by atoms with Crippen molar-refractivity contribution in [3.8, 4) is 0 Å². The first kappa shape index (κ1) is 12.2. The zero-order valence-electron chi connectivity index (χ0n) is 11.7. The lowest BCUT2D eigenvalue weighted by atomic mass is 9.99. The summed E-state index contributed by atoms with van der Waals surface area (Å²) < 4.78 is 0. The van der Waals surface area contributed by atoms with Gasteiger partial charge in [-0.3, -0.25) is 9.59 Å². The van der Waals surface area contributed by atoms with Crippen LogP contribution in [0, 0.1) is 0 Å². The van der Waals surface area contributed by atoms with Crippen molar-refractivity contribution in [3.63, 3.8) is 0 Å². The Labute approximate surface area is 117 Å². The molecule has 0 spiro atoms. The molecule has 1 aliphatic carbocycles. The number of rotatable bonds is 2. The molecular formula is C14H19N3O3. The molecule has 0 aromatic carbocycles. The Morgan fingerprint density at radius 1 is 1.10 bits per heavy atom. The maximum Gasteiger partial charge on any atom is 0.328 e. The molecule has 3 aliphatic heterocycles. The fraction of sp³-hybridized carbons (Fsp3) is 0.786. The van der Waals surface area contributed by atoms with E-state index in [1.54, 1.807) is 4.90 Å². The Bertz CT molecular complexity index is 516. The Hall–Kier alpha value is -1.59. The van der Waals surface area contributed by atoms with Crippen molar-refractivity contribution < 1.29 is 14.4 Å². The van der Waals surface area contributed by atoms with Crippen molar-refractivity contribution in [2.24, 2.45) is 0 Å². The maximum atomic E-state index is 12.6. The van der Waals surface area contributed by atoms with Gasteiger partial charge in [-0.05, 0) is 39.0 Å². The second-order valence-corrected chi connectivity index (χ2v) is 6.55. The molecule has 0 bridgehead atoms. The van der Waals surface area contributed by atoms with E-state index in [-0.39, 0.29) is 17.8 Å². The average Bonchev–Trinajstić information content (AvgIpc) is 3.04. The number of hydrogen-bond acceptors (Lipinski definition) is 3. The summed E-state index contributed by atoms with van der Waals surface area (Å²) in [6.45, 7) is 3.14. The number of fused-ring (bicyclic) bond motifs is 1. The highest BCUT2D eigenvalue weighted by molar-refractivity contribution is 6.10. The van der Waals surface area contributed by atoms with E-state index in [0.717, 1.165) is 19.3 Å². The summed E-state index contributed by atoms with van der Waals surface area (Å²) in [6.07, 6.45) is 4.29. The second kappa shape index (κ2) is 3.74. The largest absolute Gasteiger partial charge is 0.338 e. The van der Waals surface area contributed by atoms with Gasteiger partial charge >= 0.3 is 6.03 Å². The van der Waals surface area contributed by atoms with E-state index in [4.69, 9.17) is 0 Å². The molecule has 0 aromatic heterocycles. The topological polar surface area (TPSA) is 60.9 Å². The van der Waals surface area contributed by atoms with E-state index < -0.39 is 11.6 Å². The van der Waals surface area contributed by atoms with E-state index in [9.17, 15) is 14.4 Å². The zero-order valence-corrected chi connectivity index (χ0v) is 11.7. The van der Waals surface area contributed by atoms with E-state index in [1.165, 1.54) is 4.90 Å². The fourth-order valence-electron chi connectivity index (χ4n) is 3.92. The first-order valence-electron chi connectivity index (χ1n) is 7.50. The van der Waals surface area contributed by atoms with Crippen LogP contribution in [-0.4, -0.2) is 63.3 Å². The molecule has 0 radical (unpaired) electrons. The van der Waals surface area contributed by atoms with Gasteiger partial charge in [-0.25, -0.2) is 9.69 Å². The molecule has 108 valence electrons. The van der Waals surface area contributed by atoms with Gasteiger partial charge in [-0.15, -0.1) is 0 Å². The summed E-state index contributed by atoms with van der Waals surface area (Å²) in [5.74, 6) is -0.199. The smallest absolute Gasteiger partial charge is 0.328 e. The number of amides is 4. The van der Waals surface area contributed by atoms with Crippen LogP contribution in [0.3, 0.4) is 0 Å². The number of urea groups is 1. The maximum absolute atomic E-state index is 12.6. The standard InChI is InChI=1S/C14H19N3O3/c1-14-6-2-7-16(14)13(20)17(12(14)19)10-5-8-15(11(10)18)9-3-4-9/h9-10H,2-8H2,1H3/t10-,14+/m1/s1. The summed E-state index contributed by atoms with van der Waals surface area (Å²) in [5.41, 5.74) is -0.704. The van der Waals surface area contributed by atoms with Crippen LogP contribution in [0.1, 0.15) is 39.0 Å². The molecule has 4 amide bonds. The van der Waals surface area contributed by atoms with Gasteiger partial charge in [-0.2, -0.15) is 0 Å². The predicted octanol–water partition coefficient (Wildman–Crippen LogP) is 0.566. The van der Waals surface area contributed by atoms with Gasteiger partial charge < -0.3 is 9.80 Å². The molecule has 0 unspecified atom stereocenters. The number of imide groups is 1. The van der Waals surface area contributed by atoms with E-state index >= 15 is 0 Å². The van der Waals surface area contributed by atoms with Crippen molar-refractivity contribution in [3.05, 3.63) is 0 Å². The van der Waals surface area contributed by atoms with Gasteiger partial charge in [0.25, 0.3) is 5.91 Å². The lowest BCUT2D eigenvalue weighted by Gasteiger charge is -2.23. The van der Waals surface area contributed by atoms with Crippen LogP contribution in [0.5, 0.6) is 0 Å². The second-order valence-electron chi connectivity index (χ2n) is 6.55. The van der Waals surface area contributed by atoms with Crippen molar-refractivity contribution in [2.75, 3.05) is 13.1 Å². The van der Waals surface area contributed by atoms with Crippen LogP contribution in [0.4, 0.5) is 4.79 Å². The van der Waals surface area contributed by atoms with Gasteiger partial charge in [-0.1, -0.05) is 0 Å². The predicted molar refractivity (Wildman–Crippen MR) is 69.7 cm³/mol. The van der Waals surface area contributed by atoms with Crippen LogP contribution >= 0.6 is 0 Å². The Morgan fingerprint density at radius 3 is 2.50 bits per heavy atom. The summed E-state index contributed by atoms with van der Waals surface area (Å²) in [5, 5.41) is 0. The summed E-state index contributed by atoms with van der Waals surface area (Å²) in [7, 11) is 0. The van der Waals surface area contributed by atoms with Crippen LogP contribution in [0.15, 0.2) is 0 Å². The Morgan fingerprint density at radius 2 is 1.85 bits per heavy atom. The lowest BCUT2D eigenvalue weighted by molar-refractivity contribution is -0.140. The monoisotopic (exact) mass is 277 g/mol. The van der Waals surface area contributed by atoms with Crippen molar-refractivity contribution in [1.82, 2.24) is 14.7 Å². The molecule has 4 aliphatic rings. The molecule has 0 N–H and O–H groups in total. The van der Waals surface area contributed by atoms with Gasteiger partial charge in [0.15, 0.2) is 0 Å². The molecule has 2 atom stereocenters. The van der Waals surface area contributed by atoms with E-state index in [0.29, 0.717) is 32.0 Å². The summed E-state index contributed by atoms with van der Waals surface area (Å²) >= 11 is 0. The normalized spacial score (nSPS) is 37.4. The molecule has 20 heavy (non-hydrogen) atoms. The molecule has 6 heteroatoms. The van der Waals surface area contributed by atoms with E-state index in [1.807, 2.05) is 11.8 Å². The number of carbonyl (C=O) groups is 3. The van der Waals surface area contributed by atoms with Gasteiger partial charge in [0.1, 0.15) is 11.6 Å². The first-order chi connectivity index (χ1) is 9.54. The fourth-order valence-corrected chi connectivity index (χ4v) is 3.92. The minimum Gasteiger partial charge on any atom is -0.338 e. The summed E-state index contributed by atoms with van der Waals surface area (Å²) in [4.78, 5) is 42.3. The molecule has 4 fully saturated rings. The minimum atomic E-state index is -0.704. The van der Waals surface area contributed by atoms with Gasteiger partial charge in [0.05, 0.1) is 0 Å². The lowest BCUT2D eigenvalue weighted by Crippen LogP contribution is -2.47. The van der Waals surface area contributed by atoms with Crippen LogP contribution < -0.4 is 0 Å². The van der Waals surface area contributed by atoms with Crippen LogP contribution in [0.25, 0.3) is 0 Å². The molecule has 0 aromatic rings. The van der Waals surface area contributed by atoms with Crippen molar-refractivity contribution in [1.29, 1.82) is 0 Å². The average molecular weight is 277 g/mol. The van der Waals surface area contributed by atoms with E-state index in [2.05, 4.69) is 0 Å². The minimum absolute atomic E-state index is 0.0287. The molecule has 1 saturated carbocycles. The van der Waals surface area contributed by atoms with Crippen molar-refractivity contribution in [2.45, 2.75) is 56.7 Å². The Kier molecular flexibility index (Phi) is 2.28. The molecule has 3 saturated heterocycles. The number of nitrogens with zero attached hydrogens (tertiary/aromatic N) is 3. The highest BCUT2D eigenvalue weighted by Crippen LogP contribution is 2.40. The van der Waals surface area contributed by atoms with Crippen LogP contribution in [-0.2, 0) is 9.59 Å². The summed E-state index contributed by atoms with van der Waals surface area (Å²) in [6, 6.07) is -0.459. The SMILES string of the molecule is C[C@@]12CCCN1C(=O)N([C@@H]1CCN(C3CC3)C1=O)C2=O. The van der Waals surface area contributed by atoms with Crippen molar-refractivity contribution >= 4 is 17.8 Å². The molecule has 3 heterocycles. The molecular weight excluding hydrogens is 258 g/mol. The quantitative estimate of drug-likeness (QED) is 0.693. The van der Waals surface area contributed by atoms with Gasteiger partial charge in [0.2, 0.25) is 5.91 Å². The van der Waals surface area contributed by atoms with Crippen LogP contribution in [0.2, 0.25) is 0 Å². The molecule has 4 rings (SSSR count). The highest BCUT2D eigenvalue weighted by atomic mass is 16.2. The third-order valence-electron chi connectivity index (χ3n) is 5.27. The number of likely N-dealkylation sites (tertiary alicyclic amines) is 1. The highest BCUT2D eigenvalue weighted by Gasteiger charge is 2.60. The third kappa shape index (κ3) is 1.37. The number of hydrogen-bond donors (Lipinski definition) is 0. The van der Waals surface area contributed by atoms with Gasteiger partial charge in [0, 0.05) is 19.1 Å². The molecule has 6 nitrogen and oxygen atoms in total. The third-order valence-corrected chi connectivity index (χ3v) is 5.27. The zero-order chi connectivity index (χ0) is 14.1.